The number of benzene rings is 2. The molecule has 0 fully saturated rings. The lowest BCUT2D eigenvalue weighted by atomic mass is 10.1. The van der Waals surface area contributed by atoms with Crippen molar-refractivity contribution in [2.24, 2.45) is 0 Å². The van der Waals surface area contributed by atoms with Crippen LogP contribution in [0, 0.1) is 0 Å². The number of phosphoric ester groups is 1. The van der Waals surface area contributed by atoms with Crippen molar-refractivity contribution in [3.8, 4) is 0 Å². The highest BCUT2D eigenvalue weighted by atomic mass is 31.2. The van der Waals surface area contributed by atoms with Crippen molar-refractivity contribution < 1.29 is 61.7 Å². The normalized spacial score (nSPS) is 12.3. The first kappa shape index (κ1) is 33.8. The molecule has 0 aromatic heterocycles. The summed E-state index contributed by atoms with van der Waals surface area (Å²) < 4.78 is 43.2. The second kappa shape index (κ2) is 18.1. The van der Waals surface area contributed by atoms with E-state index in [9.17, 15) is 23.7 Å². The average Bonchev–Trinajstić information content (AvgIpc) is 2.98. The topological polar surface area (TPSA) is 181 Å². The van der Waals surface area contributed by atoms with Crippen LogP contribution in [0.5, 0.6) is 0 Å². The van der Waals surface area contributed by atoms with Crippen molar-refractivity contribution in [1.82, 2.24) is 0 Å². The van der Waals surface area contributed by atoms with E-state index in [-0.39, 0.29) is 88.2 Å². The minimum atomic E-state index is -3.98. The fourth-order valence-electron chi connectivity index (χ4n) is 3.13. The van der Waals surface area contributed by atoms with Crippen molar-refractivity contribution in [2.45, 2.75) is 19.8 Å². The maximum atomic E-state index is 12.8. The number of phosphoric acid groups is 1. The largest absolute Gasteiger partial charge is 0.474 e. The molecule has 0 spiro atoms. The van der Waals surface area contributed by atoms with E-state index in [1.807, 2.05) is 0 Å². The molecule has 0 aliphatic heterocycles. The zero-order valence-electron chi connectivity index (χ0n) is 22.5. The third kappa shape index (κ3) is 11.9. The summed E-state index contributed by atoms with van der Waals surface area (Å²) in [5, 5.41) is 17.4. The molecule has 2 aromatic carbocycles. The van der Waals surface area contributed by atoms with Gasteiger partial charge in [-0.15, -0.1) is 0 Å². The Morgan fingerprint density at radius 1 is 0.610 bits per heavy atom. The van der Waals surface area contributed by atoms with Crippen LogP contribution in [0.1, 0.15) is 61.2 Å². The molecule has 0 saturated carbocycles. The number of ketones is 1. The Morgan fingerprint density at radius 2 is 1.02 bits per heavy atom. The van der Waals surface area contributed by atoms with E-state index < -0.39 is 25.7 Å². The van der Waals surface area contributed by atoms with Crippen LogP contribution in [0.2, 0.25) is 0 Å². The second-order valence-electron chi connectivity index (χ2n) is 8.07. The van der Waals surface area contributed by atoms with Gasteiger partial charge >= 0.3 is 25.7 Å². The van der Waals surface area contributed by atoms with E-state index in [0.29, 0.717) is 5.56 Å². The molecule has 2 aromatic rings. The first-order chi connectivity index (χ1) is 19.7. The standard InChI is InChI=1S/C27H33O13P/c1-2-38-41(34,40-17-12-24(30)20-4-6-21(7-5-20)26(32)36-18-13-28)39-16-3-15-35-25(31)22-8-10-23(11-9-22)27(33)37-19-14-29/h4-11,28-29H,2-3,12-19H2,1H3. The van der Waals surface area contributed by atoms with Crippen LogP contribution in [-0.4, -0.2) is 86.8 Å². The van der Waals surface area contributed by atoms with Crippen LogP contribution in [0.4, 0.5) is 0 Å². The number of rotatable bonds is 19. The lowest BCUT2D eigenvalue weighted by Gasteiger charge is -2.17. The highest BCUT2D eigenvalue weighted by Crippen LogP contribution is 2.49. The molecule has 41 heavy (non-hydrogen) atoms. The maximum Gasteiger partial charge on any atom is 0.474 e. The molecule has 1 unspecified atom stereocenters. The van der Waals surface area contributed by atoms with Crippen molar-refractivity contribution in [2.75, 3.05) is 52.9 Å². The smallest absolute Gasteiger partial charge is 0.462 e. The third-order valence-electron chi connectivity index (χ3n) is 5.08. The van der Waals surface area contributed by atoms with Crippen LogP contribution < -0.4 is 0 Å². The van der Waals surface area contributed by atoms with Crippen molar-refractivity contribution in [3.63, 3.8) is 0 Å². The highest BCUT2D eigenvalue weighted by Gasteiger charge is 2.26. The molecule has 2 N–H and O–H groups in total. The Bertz CT molecular complexity index is 1180. The van der Waals surface area contributed by atoms with Gasteiger partial charge in [0.1, 0.15) is 13.2 Å². The quantitative estimate of drug-likeness (QED) is 0.0795. The average molecular weight is 597 g/mol. The number of carbonyl (C=O) groups excluding carboxylic acids is 4. The zero-order valence-corrected chi connectivity index (χ0v) is 23.4. The summed E-state index contributed by atoms with van der Waals surface area (Å²) in [6, 6.07) is 11.3. The maximum absolute atomic E-state index is 12.8. The molecular weight excluding hydrogens is 563 g/mol. The highest BCUT2D eigenvalue weighted by molar-refractivity contribution is 7.48. The molecule has 1 atom stereocenters. The Balaban J connectivity index is 1.74. The molecule has 14 heteroatoms. The van der Waals surface area contributed by atoms with Gasteiger partial charge in [-0.25, -0.2) is 18.9 Å². The number of hydrogen-bond donors (Lipinski definition) is 2. The number of esters is 3. The van der Waals surface area contributed by atoms with E-state index in [1.165, 1.54) is 48.5 Å². The van der Waals surface area contributed by atoms with Gasteiger partial charge in [0, 0.05) is 18.4 Å². The minimum Gasteiger partial charge on any atom is -0.462 e. The van der Waals surface area contributed by atoms with E-state index >= 15 is 0 Å². The van der Waals surface area contributed by atoms with Crippen molar-refractivity contribution in [3.05, 3.63) is 70.8 Å². The first-order valence-electron chi connectivity index (χ1n) is 12.7. The number of ether oxygens (including phenoxy) is 3. The van der Waals surface area contributed by atoms with Gasteiger partial charge in [-0.1, -0.05) is 12.1 Å². The van der Waals surface area contributed by atoms with E-state index in [1.54, 1.807) is 6.92 Å². The van der Waals surface area contributed by atoms with Crippen molar-refractivity contribution in [1.29, 1.82) is 0 Å². The first-order valence-corrected chi connectivity index (χ1v) is 14.2. The summed E-state index contributed by atoms with van der Waals surface area (Å²) in [4.78, 5) is 48.1. The molecule has 0 saturated heterocycles. The van der Waals surface area contributed by atoms with Gasteiger partial charge in [0.25, 0.3) is 0 Å². The Hall–Kier alpha value is -3.45. The molecule has 0 radical (unpaired) electrons. The molecule has 0 amide bonds. The molecule has 2 rings (SSSR count). The summed E-state index contributed by atoms with van der Waals surface area (Å²) >= 11 is 0. The minimum absolute atomic E-state index is 0.0254. The fourth-order valence-corrected chi connectivity index (χ4v) is 4.33. The molecule has 0 bridgehead atoms. The van der Waals surface area contributed by atoms with Gasteiger partial charge in [0.15, 0.2) is 5.78 Å². The number of aliphatic hydroxyl groups is 2. The van der Waals surface area contributed by atoms with Crippen LogP contribution in [-0.2, 0) is 32.3 Å². The molecule has 224 valence electrons. The fraction of sp³-hybridized carbons (Fsp3) is 0.407. The predicted molar refractivity (Wildman–Crippen MR) is 143 cm³/mol. The lowest BCUT2D eigenvalue weighted by molar-refractivity contribution is 0.0426. The number of hydrogen-bond acceptors (Lipinski definition) is 13. The Labute approximate surface area is 236 Å². The van der Waals surface area contributed by atoms with Gasteiger partial charge in [-0.2, -0.15) is 0 Å². The summed E-state index contributed by atoms with van der Waals surface area (Å²) in [7, 11) is -3.98. The van der Waals surface area contributed by atoms with E-state index in [0.717, 1.165) is 0 Å². The Morgan fingerprint density at radius 3 is 1.46 bits per heavy atom. The van der Waals surface area contributed by atoms with Crippen LogP contribution in [0.3, 0.4) is 0 Å². The van der Waals surface area contributed by atoms with Crippen molar-refractivity contribution >= 4 is 31.5 Å². The second-order valence-corrected chi connectivity index (χ2v) is 9.74. The zero-order chi connectivity index (χ0) is 30.1. The SMILES string of the molecule is CCOP(=O)(OCCCOC(=O)c1ccc(C(=O)OCCO)cc1)OCCC(=O)c1ccc(C(=O)OCCO)cc1. The predicted octanol–water partition coefficient (Wildman–Crippen LogP) is 2.98. The van der Waals surface area contributed by atoms with Gasteiger partial charge in [0.2, 0.25) is 0 Å². The van der Waals surface area contributed by atoms with Gasteiger partial charge < -0.3 is 24.4 Å². The monoisotopic (exact) mass is 596 g/mol. The van der Waals surface area contributed by atoms with Crippen LogP contribution in [0.25, 0.3) is 0 Å². The van der Waals surface area contributed by atoms with E-state index in [2.05, 4.69) is 0 Å². The number of carbonyl (C=O) groups is 4. The number of aliphatic hydroxyl groups excluding tert-OH is 2. The molecule has 0 aliphatic rings. The van der Waals surface area contributed by atoms with Gasteiger partial charge in [-0.05, 0) is 43.3 Å². The molecule has 13 nitrogen and oxygen atoms in total. The summed E-state index contributed by atoms with van der Waals surface area (Å²) in [6.07, 6.45) is 0.0358. The number of Topliss-reactive ketones (excluding diaryl/α,β-unsaturated/α-hetero) is 1. The molecule has 0 heterocycles. The van der Waals surface area contributed by atoms with Crippen LogP contribution >= 0.6 is 7.82 Å². The summed E-state index contributed by atoms with van der Waals surface area (Å²) in [5.74, 6) is -2.22. The lowest BCUT2D eigenvalue weighted by Crippen LogP contribution is -2.11. The summed E-state index contributed by atoms with van der Waals surface area (Å²) in [5.41, 5.74) is 0.944. The summed E-state index contributed by atoms with van der Waals surface area (Å²) in [6.45, 7) is 0.324. The Kier molecular flexibility index (Phi) is 14.9. The third-order valence-corrected chi connectivity index (χ3v) is 6.66. The molecule has 0 aliphatic carbocycles. The van der Waals surface area contributed by atoms with Gasteiger partial charge in [0.05, 0.1) is 56.3 Å². The van der Waals surface area contributed by atoms with E-state index in [4.69, 9.17) is 38.0 Å². The molecular formula is C27H33O13P. The van der Waals surface area contributed by atoms with Crippen LogP contribution in [0.15, 0.2) is 48.5 Å². The van der Waals surface area contributed by atoms with Gasteiger partial charge in [-0.3, -0.25) is 18.4 Å².